The van der Waals surface area contributed by atoms with E-state index in [0.717, 1.165) is 6.29 Å². The van der Waals surface area contributed by atoms with Crippen LogP contribution in [0.4, 0.5) is 0 Å². The van der Waals surface area contributed by atoms with Crippen molar-refractivity contribution in [1.29, 1.82) is 0 Å². The maximum absolute atomic E-state index is 10.7. The Morgan fingerprint density at radius 1 is 1.56 bits per heavy atom. The summed E-state index contributed by atoms with van der Waals surface area (Å²) in [5, 5.41) is 3.86. The van der Waals surface area contributed by atoms with Gasteiger partial charge in [0.1, 0.15) is 0 Å². The Morgan fingerprint density at radius 2 is 2.38 bits per heavy atom. The normalized spacial score (nSPS) is 10.9. The smallest absolute Gasteiger partial charge is 0.229 e. The molecule has 5 heteroatoms. The second-order valence-electron chi connectivity index (χ2n) is 3.88. The standard InChI is InChI=1S/C11H13N3O2/c1-8(2)11-12-10(13-16-11)6-14-5-3-4-9(14)7-15/h3-5,7-8H,6H2,1-2H3. The molecule has 0 aliphatic rings. The van der Waals surface area contributed by atoms with E-state index in [9.17, 15) is 4.79 Å². The van der Waals surface area contributed by atoms with Gasteiger partial charge >= 0.3 is 0 Å². The number of carbonyl (C=O) groups excluding carboxylic acids is 1. The number of aldehydes is 1. The summed E-state index contributed by atoms with van der Waals surface area (Å²) in [7, 11) is 0. The van der Waals surface area contributed by atoms with Gasteiger partial charge in [-0.05, 0) is 12.1 Å². The fourth-order valence-electron chi connectivity index (χ4n) is 1.40. The highest BCUT2D eigenvalue weighted by Gasteiger charge is 2.10. The summed E-state index contributed by atoms with van der Waals surface area (Å²) in [6.07, 6.45) is 2.62. The van der Waals surface area contributed by atoms with Gasteiger partial charge in [-0.3, -0.25) is 4.79 Å². The zero-order chi connectivity index (χ0) is 11.5. The summed E-state index contributed by atoms with van der Waals surface area (Å²) in [6, 6.07) is 3.56. The van der Waals surface area contributed by atoms with Crippen LogP contribution in [-0.4, -0.2) is 21.0 Å². The Bertz CT molecular complexity index is 485. The minimum atomic E-state index is 0.219. The van der Waals surface area contributed by atoms with Gasteiger partial charge in [-0.2, -0.15) is 4.98 Å². The van der Waals surface area contributed by atoms with Gasteiger partial charge in [0.15, 0.2) is 12.1 Å². The van der Waals surface area contributed by atoms with Crippen LogP contribution in [0.2, 0.25) is 0 Å². The van der Waals surface area contributed by atoms with Crippen LogP contribution in [0, 0.1) is 0 Å². The van der Waals surface area contributed by atoms with Crippen LogP contribution in [0.3, 0.4) is 0 Å². The first kappa shape index (κ1) is 10.6. The Hall–Kier alpha value is -1.91. The molecule has 2 aromatic heterocycles. The fraction of sp³-hybridized carbons (Fsp3) is 0.364. The van der Waals surface area contributed by atoms with Gasteiger partial charge in [-0.1, -0.05) is 19.0 Å². The average molecular weight is 219 g/mol. The van der Waals surface area contributed by atoms with Crippen molar-refractivity contribution in [3.63, 3.8) is 0 Å². The molecule has 0 unspecified atom stereocenters. The Morgan fingerprint density at radius 3 is 3.00 bits per heavy atom. The minimum Gasteiger partial charge on any atom is -0.339 e. The molecular formula is C11H13N3O2. The number of rotatable bonds is 4. The van der Waals surface area contributed by atoms with Crippen molar-refractivity contribution in [3.8, 4) is 0 Å². The number of carbonyl (C=O) groups is 1. The van der Waals surface area contributed by atoms with Crippen LogP contribution in [0.5, 0.6) is 0 Å². The van der Waals surface area contributed by atoms with Gasteiger partial charge in [-0.15, -0.1) is 0 Å². The van der Waals surface area contributed by atoms with Crippen LogP contribution >= 0.6 is 0 Å². The van der Waals surface area contributed by atoms with Crippen LogP contribution in [0.25, 0.3) is 0 Å². The third-order valence-electron chi connectivity index (χ3n) is 2.27. The average Bonchev–Trinajstić information content (AvgIpc) is 2.87. The van der Waals surface area contributed by atoms with Crippen LogP contribution in [0.1, 0.15) is 42.0 Å². The molecule has 5 nitrogen and oxygen atoms in total. The molecule has 0 spiro atoms. The Labute approximate surface area is 93.1 Å². The molecular weight excluding hydrogens is 206 g/mol. The van der Waals surface area contributed by atoms with Crippen molar-refractivity contribution >= 4 is 6.29 Å². The molecule has 0 saturated carbocycles. The van der Waals surface area contributed by atoms with Gasteiger partial charge < -0.3 is 9.09 Å². The number of aromatic nitrogens is 3. The van der Waals surface area contributed by atoms with E-state index < -0.39 is 0 Å². The van der Waals surface area contributed by atoms with Gasteiger partial charge in [0, 0.05) is 12.1 Å². The summed E-state index contributed by atoms with van der Waals surface area (Å²) >= 11 is 0. The van der Waals surface area contributed by atoms with Crippen molar-refractivity contribution in [2.75, 3.05) is 0 Å². The molecule has 0 atom stereocenters. The molecule has 84 valence electrons. The Kier molecular flexibility index (Phi) is 2.85. The van der Waals surface area contributed by atoms with Gasteiger partial charge in [0.05, 0.1) is 12.2 Å². The summed E-state index contributed by atoms with van der Waals surface area (Å²) < 4.78 is 6.87. The topological polar surface area (TPSA) is 60.9 Å². The lowest BCUT2D eigenvalue weighted by Crippen LogP contribution is -2.03. The lowest BCUT2D eigenvalue weighted by Gasteiger charge is -1.99. The molecule has 0 bridgehead atoms. The third-order valence-corrected chi connectivity index (χ3v) is 2.27. The molecule has 0 fully saturated rings. The maximum atomic E-state index is 10.7. The summed E-state index contributed by atoms with van der Waals surface area (Å²) in [5.74, 6) is 1.43. The third kappa shape index (κ3) is 2.03. The van der Waals surface area contributed by atoms with Crippen LogP contribution < -0.4 is 0 Å². The van der Waals surface area contributed by atoms with Crippen LogP contribution in [-0.2, 0) is 6.54 Å². The van der Waals surface area contributed by atoms with Crippen molar-refractivity contribution in [1.82, 2.24) is 14.7 Å². The van der Waals surface area contributed by atoms with E-state index in [1.165, 1.54) is 0 Å². The molecule has 0 amide bonds. The van der Waals surface area contributed by atoms with E-state index in [1.54, 1.807) is 10.6 Å². The molecule has 16 heavy (non-hydrogen) atoms. The lowest BCUT2D eigenvalue weighted by atomic mass is 10.2. The molecule has 0 N–H and O–H groups in total. The number of hydrogen-bond donors (Lipinski definition) is 0. The highest BCUT2D eigenvalue weighted by atomic mass is 16.5. The maximum Gasteiger partial charge on any atom is 0.229 e. The fourth-order valence-corrected chi connectivity index (χ4v) is 1.40. The first-order chi connectivity index (χ1) is 7.70. The van der Waals surface area contributed by atoms with Gasteiger partial charge in [0.2, 0.25) is 5.89 Å². The van der Waals surface area contributed by atoms with Crippen molar-refractivity contribution in [2.24, 2.45) is 0 Å². The van der Waals surface area contributed by atoms with E-state index >= 15 is 0 Å². The van der Waals surface area contributed by atoms with E-state index in [4.69, 9.17) is 4.52 Å². The monoisotopic (exact) mass is 219 g/mol. The van der Waals surface area contributed by atoms with E-state index in [2.05, 4.69) is 10.1 Å². The second kappa shape index (κ2) is 4.30. The Balaban J connectivity index is 2.17. The number of hydrogen-bond acceptors (Lipinski definition) is 4. The molecule has 2 rings (SSSR count). The van der Waals surface area contributed by atoms with Crippen LogP contribution in [0.15, 0.2) is 22.9 Å². The van der Waals surface area contributed by atoms with Gasteiger partial charge in [0.25, 0.3) is 0 Å². The molecule has 2 aromatic rings. The van der Waals surface area contributed by atoms with Crippen molar-refractivity contribution in [2.45, 2.75) is 26.3 Å². The molecule has 0 radical (unpaired) electrons. The van der Waals surface area contributed by atoms with E-state index in [-0.39, 0.29) is 5.92 Å². The number of nitrogens with zero attached hydrogens (tertiary/aromatic N) is 3. The van der Waals surface area contributed by atoms with Crippen molar-refractivity contribution in [3.05, 3.63) is 35.7 Å². The second-order valence-corrected chi connectivity index (χ2v) is 3.88. The summed E-state index contributed by atoms with van der Waals surface area (Å²) in [4.78, 5) is 15.0. The largest absolute Gasteiger partial charge is 0.339 e. The minimum absolute atomic E-state index is 0.219. The van der Waals surface area contributed by atoms with E-state index in [1.807, 2.05) is 26.1 Å². The molecule has 0 saturated heterocycles. The molecule has 2 heterocycles. The molecule has 0 aliphatic carbocycles. The molecule has 0 aromatic carbocycles. The summed E-state index contributed by atoms with van der Waals surface area (Å²) in [5.41, 5.74) is 0.607. The molecule has 0 aliphatic heterocycles. The lowest BCUT2D eigenvalue weighted by molar-refractivity contribution is 0.111. The van der Waals surface area contributed by atoms with E-state index in [0.29, 0.717) is 24.0 Å². The predicted octanol–water partition coefficient (Wildman–Crippen LogP) is 1.86. The SMILES string of the molecule is CC(C)c1nc(Cn2cccc2C=O)no1. The first-order valence-electron chi connectivity index (χ1n) is 5.13. The zero-order valence-corrected chi connectivity index (χ0v) is 9.25. The highest BCUT2D eigenvalue weighted by Crippen LogP contribution is 2.12. The zero-order valence-electron chi connectivity index (χ0n) is 9.25. The summed E-state index contributed by atoms with van der Waals surface area (Å²) in [6.45, 7) is 4.44. The van der Waals surface area contributed by atoms with Gasteiger partial charge in [-0.25, -0.2) is 0 Å². The quantitative estimate of drug-likeness (QED) is 0.736. The first-order valence-corrected chi connectivity index (χ1v) is 5.13. The van der Waals surface area contributed by atoms with Crippen molar-refractivity contribution < 1.29 is 9.32 Å². The predicted molar refractivity (Wildman–Crippen MR) is 57.3 cm³/mol. The highest BCUT2D eigenvalue weighted by molar-refractivity contribution is 5.72.